The van der Waals surface area contributed by atoms with Crippen LogP contribution in [0.4, 0.5) is 0 Å². The molecule has 6 nitrogen and oxygen atoms in total. The van der Waals surface area contributed by atoms with Gasteiger partial charge in [0.05, 0.1) is 18.4 Å². The normalized spacial score (nSPS) is 10.8. The maximum atomic E-state index is 12.5. The molecule has 1 amide bonds. The Hall–Kier alpha value is -2.99. The van der Waals surface area contributed by atoms with Gasteiger partial charge in [0, 0.05) is 30.0 Å². The van der Waals surface area contributed by atoms with Crippen molar-refractivity contribution in [3.05, 3.63) is 82.0 Å². The fraction of sp³-hybridized carbons (Fsp3) is 0.273. The molecule has 0 unspecified atom stereocenters. The summed E-state index contributed by atoms with van der Waals surface area (Å²) in [6, 6.07) is 12.8. The average molecular weight is 415 g/mol. The van der Waals surface area contributed by atoms with Crippen molar-refractivity contribution in [3.8, 4) is 0 Å². The molecule has 0 saturated heterocycles. The summed E-state index contributed by atoms with van der Waals surface area (Å²) < 4.78 is 12.6. The molecule has 0 aliphatic carbocycles. The number of hydrogen-bond acceptors (Lipinski definition) is 4. The van der Waals surface area contributed by atoms with Crippen LogP contribution in [0, 0.1) is 13.8 Å². The van der Waals surface area contributed by atoms with E-state index >= 15 is 0 Å². The number of likely N-dealkylation sites (N-methyl/N-ethyl adjacent to an activating group) is 1. The lowest BCUT2D eigenvalue weighted by molar-refractivity contribution is -0.133. The van der Waals surface area contributed by atoms with Gasteiger partial charge in [0.25, 0.3) is 5.91 Å². The number of benzene rings is 1. The molecule has 0 spiro atoms. The first kappa shape index (κ1) is 20.7. The minimum atomic E-state index is -0.520. The molecule has 0 fully saturated rings. The van der Waals surface area contributed by atoms with Gasteiger partial charge in [-0.05, 0) is 49.7 Å². The highest BCUT2D eigenvalue weighted by atomic mass is 35.5. The second kappa shape index (κ2) is 9.01. The lowest BCUT2D eigenvalue weighted by Crippen LogP contribution is -2.30. The minimum Gasteiger partial charge on any atom is -0.467 e. The zero-order valence-corrected chi connectivity index (χ0v) is 17.4. The second-order valence-corrected chi connectivity index (χ2v) is 7.34. The molecule has 0 aliphatic rings. The van der Waals surface area contributed by atoms with Gasteiger partial charge in [-0.2, -0.15) is 0 Å². The van der Waals surface area contributed by atoms with E-state index in [4.69, 9.17) is 20.8 Å². The Bertz CT molecular complexity index is 1010. The lowest BCUT2D eigenvalue weighted by atomic mass is 10.2. The fourth-order valence-corrected chi connectivity index (χ4v) is 3.33. The van der Waals surface area contributed by atoms with Gasteiger partial charge in [-0.3, -0.25) is 4.79 Å². The SMILES string of the molecule is Cc1cc(C(=O)OCC(=O)N(C)Cc2cccc(Cl)c2)c(C)n1Cc1ccco1. The van der Waals surface area contributed by atoms with Crippen molar-refractivity contribution in [2.75, 3.05) is 13.7 Å². The van der Waals surface area contributed by atoms with Crippen molar-refractivity contribution >= 4 is 23.5 Å². The Balaban J connectivity index is 1.59. The van der Waals surface area contributed by atoms with Gasteiger partial charge in [0.2, 0.25) is 0 Å². The number of halogens is 1. The van der Waals surface area contributed by atoms with Crippen LogP contribution in [0.25, 0.3) is 0 Å². The van der Waals surface area contributed by atoms with Crippen molar-refractivity contribution in [3.63, 3.8) is 0 Å². The zero-order valence-electron chi connectivity index (χ0n) is 16.6. The molecule has 0 N–H and O–H groups in total. The van der Waals surface area contributed by atoms with Crippen molar-refractivity contribution in [2.24, 2.45) is 0 Å². The first-order valence-corrected chi connectivity index (χ1v) is 9.57. The van der Waals surface area contributed by atoms with Gasteiger partial charge in [-0.15, -0.1) is 0 Å². The van der Waals surface area contributed by atoms with Gasteiger partial charge < -0.3 is 18.6 Å². The van der Waals surface area contributed by atoms with Crippen LogP contribution in [0.1, 0.15) is 33.1 Å². The van der Waals surface area contributed by atoms with E-state index in [0.717, 1.165) is 22.7 Å². The van der Waals surface area contributed by atoms with Crippen LogP contribution in [0.5, 0.6) is 0 Å². The summed E-state index contributed by atoms with van der Waals surface area (Å²) in [5, 5.41) is 0.611. The third-order valence-corrected chi connectivity index (χ3v) is 4.98. The molecule has 1 aromatic carbocycles. The van der Waals surface area contributed by atoms with Crippen LogP contribution in [-0.2, 0) is 22.6 Å². The Morgan fingerprint density at radius 1 is 1.17 bits per heavy atom. The number of esters is 1. The van der Waals surface area contributed by atoms with Crippen molar-refractivity contribution in [2.45, 2.75) is 26.9 Å². The summed E-state index contributed by atoms with van der Waals surface area (Å²) in [5.74, 6) is -0.0134. The summed E-state index contributed by atoms with van der Waals surface area (Å²) in [7, 11) is 1.66. The van der Waals surface area contributed by atoms with Gasteiger partial charge in [-0.1, -0.05) is 23.7 Å². The number of aromatic nitrogens is 1. The predicted molar refractivity (Wildman–Crippen MR) is 110 cm³/mol. The predicted octanol–water partition coefficient (Wildman–Crippen LogP) is 4.22. The van der Waals surface area contributed by atoms with E-state index < -0.39 is 5.97 Å². The van der Waals surface area contributed by atoms with Crippen LogP contribution in [0.15, 0.2) is 53.1 Å². The highest BCUT2D eigenvalue weighted by molar-refractivity contribution is 6.30. The number of furan rings is 1. The summed E-state index contributed by atoms with van der Waals surface area (Å²) in [6.07, 6.45) is 1.62. The smallest absolute Gasteiger partial charge is 0.340 e. The number of ether oxygens (including phenoxy) is 1. The number of hydrogen-bond donors (Lipinski definition) is 0. The maximum absolute atomic E-state index is 12.5. The summed E-state index contributed by atoms with van der Waals surface area (Å²) in [6.45, 7) is 4.35. The van der Waals surface area contributed by atoms with Crippen molar-refractivity contribution < 1.29 is 18.7 Å². The number of aryl methyl sites for hydroxylation is 1. The molecule has 7 heteroatoms. The highest BCUT2D eigenvalue weighted by Gasteiger charge is 2.19. The highest BCUT2D eigenvalue weighted by Crippen LogP contribution is 2.18. The van der Waals surface area contributed by atoms with Gasteiger partial charge in [0.15, 0.2) is 6.61 Å². The molecule has 152 valence electrons. The molecule has 3 aromatic rings. The topological polar surface area (TPSA) is 64.7 Å². The standard InChI is InChI=1S/C22H23ClN2O4/c1-15-10-20(16(2)25(15)13-19-8-5-9-28-19)22(27)29-14-21(26)24(3)12-17-6-4-7-18(23)11-17/h4-11H,12-14H2,1-3H3. The molecule has 2 aromatic heterocycles. The molecule has 0 radical (unpaired) electrons. The van der Waals surface area contributed by atoms with E-state index in [1.807, 2.05) is 42.7 Å². The van der Waals surface area contributed by atoms with E-state index in [2.05, 4.69) is 0 Å². The average Bonchev–Trinajstić information content (AvgIpc) is 3.29. The fourth-order valence-electron chi connectivity index (χ4n) is 3.12. The van der Waals surface area contributed by atoms with Gasteiger partial charge in [0.1, 0.15) is 5.76 Å². The van der Waals surface area contributed by atoms with Crippen molar-refractivity contribution in [1.82, 2.24) is 9.47 Å². The molecular formula is C22H23ClN2O4. The molecule has 0 bridgehead atoms. The van der Waals surface area contributed by atoms with E-state index in [1.54, 1.807) is 31.5 Å². The van der Waals surface area contributed by atoms with Crippen LogP contribution in [-0.4, -0.2) is 35.0 Å². The van der Waals surface area contributed by atoms with Crippen LogP contribution in [0.3, 0.4) is 0 Å². The van der Waals surface area contributed by atoms with Crippen LogP contribution in [0.2, 0.25) is 5.02 Å². The zero-order chi connectivity index (χ0) is 21.0. The number of rotatable bonds is 7. The summed E-state index contributed by atoms with van der Waals surface area (Å²) in [4.78, 5) is 26.4. The second-order valence-electron chi connectivity index (χ2n) is 6.91. The van der Waals surface area contributed by atoms with E-state index in [0.29, 0.717) is 23.7 Å². The van der Waals surface area contributed by atoms with E-state index in [1.165, 1.54) is 4.90 Å². The van der Waals surface area contributed by atoms with Gasteiger partial charge >= 0.3 is 5.97 Å². The number of carbonyl (C=O) groups excluding carboxylic acids is 2. The molecule has 2 heterocycles. The third-order valence-electron chi connectivity index (χ3n) is 4.75. The Morgan fingerprint density at radius 2 is 1.97 bits per heavy atom. The minimum absolute atomic E-state index is 0.289. The number of carbonyl (C=O) groups is 2. The molecule has 0 atom stereocenters. The summed E-state index contributed by atoms with van der Waals surface area (Å²) >= 11 is 5.97. The molecule has 3 rings (SSSR count). The van der Waals surface area contributed by atoms with E-state index in [-0.39, 0.29) is 12.5 Å². The first-order chi connectivity index (χ1) is 13.8. The molecule has 29 heavy (non-hydrogen) atoms. The quantitative estimate of drug-likeness (QED) is 0.543. The molecule has 0 saturated carbocycles. The van der Waals surface area contributed by atoms with E-state index in [9.17, 15) is 9.59 Å². The lowest BCUT2D eigenvalue weighted by Gasteiger charge is -2.17. The molecular weight excluding hydrogens is 392 g/mol. The van der Waals surface area contributed by atoms with Crippen molar-refractivity contribution in [1.29, 1.82) is 0 Å². The van der Waals surface area contributed by atoms with Crippen LogP contribution >= 0.6 is 11.6 Å². The Labute approximate surface area is 174 Å². The number of nitrogens with zero attached hydrogens (tertiary/aromatic N) is 2. The Morgan fingerprint density at radius 3 is 2.66 bits per heavy atom. The largest absolute Gasteiger partial charge is 0.467 e. The molecule has 0 aliphatic heterocycles. The third kappa shape index (κ3) is 5.09. The number of amides is 1. The maximum Gasteiger partial charge on any atom is 0.340 e. The summed E-state index contributed by atoms with van der Waals surface area (Å²) in [5.41, 5.74) is 3.03. The van der Waals surface area contributed by atoms with Crippen LogP contribution < -0.4 is 0 Å². The Kier molecular flexibility index (Phi) is 6.44. The monoisotopic (exact) mass is 414 g/mol. The van der Waals surface area contributed by atoms with Gasteiger partial charge in [-0.25, -0.2) is 4.79 Å². The first-order valence-electron chi connectivity index (χ1n) is 9.20.